The van der Waals surface area contributed by atoms with Crippen molar-refractivity contribution in [1.29, 1.82) is 0 Å². The number of thioether (sulfide) groups is 1. The van der Waals surface area contributed by atoms with Crippen LogP contribution in [0.25, 0.3) is 0 Å². The molecule has 31 heavy (non-hydrogen) atoms. The van der Waals surface area contributed by atoms with Crippen molar-refractivity contribution in [1.82, 2.24) is 4.90 Å². The molecule has 0 bridgehead atoms. The number of nitro groups is 1. The second kappa shape index (κ2) is 8.80. The first-order valence-electron chi connectivity index (χ1n) is 9.55. The average Bonchev–Trinajstić information content (AvgIpc) is 3.02. The van der Waals surface area contributed by atoms with Crippen molar-refractivity contribution < 1.29 is 28.8 Å². The molecule has 0 spiro atoms. The largest absolute Gasteiger partial charge is 0.463 e. The molecule has 2 heterocycles. The molecule has 2 N–H and O–H groups in total. The Morgan fingerprint density at radius 3 is 2.19 bits per heavy atom. The summed E-state index contributed by atoms with van der Waals surface area (Å²) in [7, 11) is 0. The van der Waals surface area contributed by atoms with E-state index in [0.29, 0.717) is 5.56 Å². The molecule has 11 heteroatoms. The molecule has 1 aromatic carbocycles. The Bertz CT molecular complexity index is 1020. The number of ether oxygens (including phenoxy) is 2. The number of carbonyl (C=O) groups is 3. The molecule has 0 radical (unpaired) electrons. The summed E-state index contributed by atoms with van der Waals surface area (Å²) in [5, 5.41) is 10.8. The third kappa shape index (κ3) is 3.88. The van der Waals surface area contributed by atoms with Gasteiger partial charge in [-0.2, -0.15) is 0 Å². The van der Waals surface area contributed by atoms with Gasteiger partial charge in [-0.3, -0.25) is 19.8 Å². The van der Waals surface area contributed by atoms with E-state index in [-0.39, 0.29) is 46.8 Å². The standard InChI is InChI=1S/C20H21N3O7S/c1-4-29-19(25)14-13(11-6-8-12(9-7-11)23(27)28)15(20(26)30-5-2)18-22(16(14)21)17(24)10(3)31-18/h6-10,13H,4-5,21H2,1-3H3. The van der Waals surface area contributed by atoms with Crippen LogP contribution in [0.5, 0.6) is 0 Å². The fourth-order valence-electron chi connectivity index (χ4n) is 3.47. The van der Waals surface area contributed by atoms with Crippen LogP contribution in [-0.4, -0.2) is 46.1 Å². The molecular formula is C20H21N3O7S. The zero-order valence-electron chi connectivity index (χ0n) is 17.1. The molecule has 1 amide bonds. The topological polar surface area (TPSA) is 142 Å². The second-order valence-corrected chi connectivity index (χ2v) is 8.00. The minimum absolute atomic E-state index is 0.0486. The number of nitrogens with two attached hydrogens (primary N) is 1. The van der Waals surface area contributed by atoms with Gasteiger partial charge in [-0.05, 0) is 26.3 Å². The van der Waals surface area contributed by atoms with Gasteiger partial charge in [0.1, 0.15) is 5.82 Å². The molecule has 164 valence electrons. The summed E-state index contributed by atoms with van der Waals surface area (Å²) in [6.45, 7) is 5.04. The molecule has 10 nitrogen and oxygen atoms in total. The van der Waals surface area contributed by atoms with Gasteiger partial charge in [0.05, 0.1) is 45.5 Å². The summed E-state index contributed by atoms with van der Waals surface area (Å²) in [6.07, 6.45) is 0. The molecule has 2 unspecified atom stereocenters. The molecule has 1 saturated heterocycles. The number of esters is 2. The number of benzene rings is 1. The number of hydrogen-bond acceptors (Lipinski definition) is 9. The van der Waals surface area contributed by atoms with E-state index in [1.165, 1.54) is 24.3 Å². The van der Waals surface area contributed by atoms with Crippen molar-refractivity contribution >= 4 is 35.3 Å². The highest BCUT2D eigenvalue weighted by atomic mass is 32.2. The number of rotatable bonds is 6. The Kier molecular flexibility index (Phi) is 6.34. The van der Waals surface area contributed by atoms with Crippen LogP contribution in [0.15, 0.2) is 46.3 Å². The van der Waals surface area contributed by atoms with E-state index in [9.17, 15) is 24.5 Å². The van der Waals surface area contributed by atoms with Crippen molar-refractivity contribution in [3.8, 4) is 0 Å². The predicted molar refractivity (Wildman–Crippen MR) is 111 cm³/mol. The average molecular weight is 447 g/mol. The highest BCUT2D eigenvalue weighted by Crippen LogP contribution is 2.49. The lowest BCUT2D eigenvalue weighted by molar-refractivity contribution is -0.384. The minimum atomic E-state index is -1.02. The lowest BCUT2D eigenvalue weighted by atomic mass is 9.82. The highest BCUT2D eigenvalue weighted by molar-refractivity contribution is 8.04. The summed E-state index contributed by atoms with van der Waals surface area (Å²) in [5.74, 6) is -3.03. The Hall–Kier alpha value is -3.34. The van der Waals surface area contributed by atoms with E-state index in [1.54, 1.807) is 20.8 Å². The molecule has 3 rings (SSSR count). The van der Waals surface area contributed by atoms with Gasteiger partial charge in [0, 0.05) is 12.1 Å². The van der Waals surface area contributed by atoms with Gasteiger partial charge >= 0.3 is 11.9 Å². The molecule has 2 aliphatic heterocycles. The Balaban J connectivity index is 2.27. The Morgan fingerprint density at radius 1 is 1.13 bits per heavy atom. The van der Waals surface area contributed by atoms with Gasteiger partial charge in [-0.15, -0.1) is 0 Å². The Morgan fingerprint density at radius 2 is 1.68 bits per heavy atom. The van der Waals surface area contributed by atoms with Crippen LogP contribution >= 0.6 is 11.8 Å². The van der Waals surface area contributed by atoms with Gasteiger partial charge in [0.15, 0.2) is 0 Å². The molecule has 1 aromatic rings. The van der Waals surface area contributed by atoms with Gasteiger partial charge in [0.2, 0.25) is 5.91 Å². The first-order valence-corrected chi connectivity index (χ1v) is 10.4. The first kappa shape index (κ1) is 22.3. The number of nitro benzene ring substituents is 1. The van der Waals surface area contributed by atoms with Crippen LogP contribution in [0.2, 0.25) is 0 Å². The van der Waals surface area contributed by atoms with Gasteiger partial charge < -0.3 is 15.2 Å². The zero-order valence-corrected chi connectivity index (χ0v) is 17.9. The summed E-state index contributed by atoms with van der Waals surface area (Å²) in [4.78, 5) is 50.3. The van der Waals surface area contributed by atoms with Gasteiger partial charge in [-0.1, -0.05) is 23.9 Å². The third-order valence-corrected chi connectivity index (χ3v) is 5.99. The van der Waals surface area contributed by atoms with E-state index in [1.807, 2.05) is 0 Å². The SMILES string of the molecule is CCOC(=O)C1=C(N)N2C(=O)C(C)SC2=C(C(=O)OCC)C1c1ccc([N+](=O)[O-])cc1. The third-order valence-electron chi connectivity index (χ3n) is 4.81. The number of hydrogen-bond donors (Lipinski definition) is 1. The lowest BCUT2D eigenvalue weighted by Crippen LogP contribution is -2.40. The first-order chi connectivity index (χ1) is 14.7. The summed E-state index contributed by atoms with van der Waals surface area (Å²) >= 11 is 1.14. The maximum atomic E-state index is 13.0. The van der Waals surface area contributed by atoms with Crippen molar-refractivity contribution in [2.75, 3.05) is 13.2 Å². The maximum Gasteiger partial charge on any atom is 0.338 e. The number of carbonyl (C=O) groups excluding carboxylic acids is 3. The maximum absolute atomic E-state index is 13.0. The van der Waals surface area contributed by atoms with E-state index < -0.39 is 28.0 Å². The number of amides is 1. The van der Waals surface area contributed by atoms with Crippen LogP contribution in [0.3, 0.4) is 0 Å². The molecule has 2 atom stereocenters. The van der Waals surface area contributed by atoms with E-state index >= 15 is 0 Å². The number of fused-ring (bicyclic) bond motifs is 1. The Labute approximate surface area is 182 Å². The van der Waals surface area contributed by atoms with E-state index in [2.05, 4.69) is 0 Å². The summed E-state index contributed by atoms with van der Waals surface area (Å²) in [5.41, 5.74) is 6.49. The van der Waals surface area contributed by atoms with Gasteiger partial charge in [-0.25, -0.2) is 9.59 Å². The van der Waals surface area contributed by atoms with Crippen molar-refractivity contribution in [2.24, 2.45) is 5.73 Å². The summed E-state index contributed by atoms with van der Waals surface area (Å²) in [6, 6.07) is 5.42. The van der Waals surface area contributed by atoms with Gasteiger partial charge in [0.25, 0.3) is 5.69 Å². The minimum Gasteiger partial charge on any atom is -0.463 e. The van der Waals surface area contributed by atoms with Crippen molar-refractivity contribution in [2.45, 2.75) is 31.9 Å². The van der Waals surface area contributed by atoms with Crippen LogP contribution in [0, 0.1) is 10.1 Å². The predicted octanol–water partition coefficient (Wildman–Crippen LogP) is 2.16. The molecule has 2 aliphatic rings. The second-order valence-electron chi connectivity index (χ2n) is 6.67. The molecular weight excluding hydrogens is 426 g/mol. The smallest absolute Gasteiger partial charge is 0.338 e. The van der Waals surface area contributed by atoms with Crippen molar-refractivity contribution in [3.05, 3.63) is 61.9 Å². The molecule has 0 aliphatic carbocycles. The quantitative estimate of drug-likeness (QED) is 0.394. The van der Waals surface area contributed by atoms with E-state index in [4.69, 9.17) is 15.2 Å². The normalized spacial score (nSPS) is 20.6. The lowest BCUT2D eigenvalue weighted by Gasteiger charge is -2.33. The fraction of sp³-hybridized carbons (Fsp3) is 0.350. The number of nitrogens with zero attached hydrogens (tertiary/aromatic N) is 2. The molecule has 0 saturated carbocycles. The monoisotopic (exact) mass is 447 g/mol. The molecule has 1 fully saturated rings. The van der Waals surface area contributed by atoms with E-state index in [0.717, 1.165) is 16.7 Å². The fourth-order valence-corrected chi connectivity index (χ4v) is 4.63. The van der Waals surface area contributed by atoms with Crippen molar-refractivity contribution in [3.63, 3.8) is 0 Å². The van der Waals surface area contributed by atoms with Crippen LogP contribution < -0.4 is 5.73 Å². The molecule has 0 aromatic heterocycles. The number of non-ortho nitro benzene ring substituents is 1. The van der Waals surface area contributed by atoms with Crippen LogP contribution in [-0.2, 0) is 23.9 Å². The van der Waals surface area contributed by atoms with Crippen LogP contribution in [0.1, 0.15) is 32.3 Å². The van der Waals surface area contributed by atoms with Crippen LogP contribution in [0.4, 0.5) is 5.69 Å². The summed E-state index contributed by atoms with van der Waals surface area (Å²) < 4.78 is 10.4. The zero-order chi connectivity index (χ0) is 22.9. The highest BCUT2D eigenvalue weighted by Gasteiger charge is 2.49.